The van der Waals surface area contributed by atoms with Gasteiger partial charge in [0.2, 0.25) is 10.0 Å². The molecular weight excluding hydrogens is 504 g/mol. The topological polar surface area (TPSA) is 83.5 Å². The molecule has 0 radical (unpaired) electrons. The zero-order valence-electron chi connectivity index (χ0n) is 20.8. The number of sulfonamides is 1. The molecule has 0 aliphatic rings. The molecule has 2 aromatic heterocycles. The van der Waals surface area contributed by atoms with Crippen molar-refractivity contribution in [3.8, 4) is 0 Å². The van der Waals surface area contributed by atoms with Crippen molar-refractivity contribution < 1.29 is 13.2 Å². The lowest BCUT2D eigenvalue weighted by Crippen LogP contribution is -2.32. The fourth-order valence-corrected chi connectivity index (χ4v) is 6.24. The largest absolute Gasteiger partial charge is 0.279 e. The van der Waals surface area contributed by atoms with E-state index in [1.165, 1.54) is 52.1 Å². The smallest absolute Gasteiger partial charge is 0.260 e. The molecular formula is C28H28N4O3S2. The predicted octanol–water partition coefficient (Wildman–Crippen LogP) is 5.52. The van der Waals surface area contributed by atoms with E-state index >= 15 is 0 Å². The Morgan fingerprint density at radius 1 is 1.03 bits per heavy atom. The van der Waals surface area contributed by atoms with Gasteiger partial charge in [0.15, 0.2) is 5.13 Å². The zero-order chi connectivity index (χ0) is 26.6. The summed E-state index contributed by atoms with van der Waals surface area (Å²) in [7, 11) is -3.77. The summed E-state index contributed by atoms with van der Waals surface area (Å²) >= 11 is 1.44. The van der Waals surface area contributed by atoms with Gasteiger partial charge >= 0.3 is 0 Å². The van der Waals surface area contributed by atoms with Gasteiger partial charge in [-0.3, -0.25) is 14.7 Å². The Hall–Kier alpha value is -3.66. The standard InChI is InChI=1S/C28H28N4O3S2/c1-5-14-31(15-6-2)37(34,35)24-11-9-23(10-12-24)27(33)32(19-22-8-7-13-29-18-22)28-30-25-16-20(3)21(4)17-26(25)36-28/h5-13,16-18H,1-2,14-15,19H2,3-4H3. The fourth-order valence-electron chi connectivity index (χ4n) is 3.82. The molecule has 0 aliphatic heterocycles. The first-order chi connectivity index (χ1) is 17.7. The van der Waals surface area contributed by atoms with E-state index < -0.39 is 10.0 Å². The molecule has 2 heterocycles. The van der Waals surface area contributed by atoms with E-state index in [-0.39, 0.29) is 30.4 Å². The SMILES string of the molecule is C=CCN(CC=C)S(=O)(=O)c1ccc(C(=O)N(Cc2cccnc2)c2nc3cc(C)c(C)cc3s2)cc1. The molecule has 4 aromatic rings. The van der Waals surface area contributed by atoms with Crippen LogP contribution in [0.4, 0.5) is 5.13 Å². The highest BCUT2D eigenvalue weighted by Gasteiger charge is 2.25. The molecule has 190 valence electrons. The van der Waals surface area contributed by atoms with Gasteiger partial charge in [-0.05, 0) is 73.0 Å². The number of aryl methyl sites for hydroxylation is 2. The van der Waals surface area contributed by atoms with Gasteiger partial charge in [0.05, 0.1) is 21.7 Å². The second kappa shape index (κ2) is 11.2. The van der Waals surface area contributed by atoms with Gasteiger partial charge < -0.3 is 0 Å². The van der Waals surface area contributed by atoms with E-state index in [2.05, 4.69) is 24.2 Å². The van der Waals surface area contributed by atoms with Crippen molar-refractivity contribution in [1.82, 2.24) is 14.3 Å². The van der Waals surface area contributed by atoms with Gasteiger partial charge in [0.25, 0.3) is 5.91 Å². The number of benzene rings is 2. The first-order valence-corrected chi connectivity index (χ1v) is 13.9. The number of carbonyl (C=O) groups is 1. The van der Waals surface area contributed by atoms with Crippen LogP contribution in [0.3, 0.4) is 0 Å². The van der Waals surface area contributed by atoms with Crippen LogP contribution in [-0.2, 0) is 16.6 Å². The van der Waals surface area contributed by atoms with Crippen LogP contribution in [-0.4, -0.2) is 41.7 Å². The molecule has 7 nitrogen and oxygen atoms in total. The van der Waals surface area contributed by atoms with Crippen LogP contribution in [0.1, 0.15) is 27.0 Å². The molecule has 2 aromatic carbocycles. The van der Waals surface area contributed by atoms with Gasteiger partial charge in [-0.25, -0.2) is 13.4 Å². The maximum absolute atomic E-state index is 13.7. The molecule has 0 N–H and O–H groups in total. The van der Waals surface area contributed by atoms with Crippen LogP contribution in [0.15, 0.2) is 91.1 Å². The third-order valence-corrected chi connectivity index (χ3v) is 8.82. The highest BCUT2D eigenvalue weighted by atomic mass is 32.2. The van der Waals surface area contributed by atoms with E-state index in [1.807, 2.05) is 32.0 Å². The van der Waals surface area contributed by atoms with Gasteiger partial charge in [0.1, 0.15) is 0 Å². The van der Waals surface area contributed by atoms with Crippen LogP contribution in [0.5, 0.6) is 0 Å². The summed E-state index contributed by atoms with van der Waals surface area (Å²) in [6.45, 7) is 11.9. The van der Waals surface area contributed by atoms with Crippen LogP contribution < -0.4 is 4.90 Å². The molecule has 4 rings (SSSR count). The van der Waals surface area contributed by atoms with Crippen LogP contribution in [0, 0.1) is 13.8 Å². The van der Waals surface area contributed by atoms with E-state index in [0.29, 0.717) is 10.7 Å². The first-order valence-electron chi connectivity index (χ1n) is 11.6. The fraction of sp³-hybridized carbons (Fsp3) is 0.179. The Balaban J connectivity index is 1.70. The first kappa shape index (κ1) is 26.4. The number of fused-ring (bicyclic) bond motifs is 1. The van der Waals surface area contributed by atoms with E-state index in [1.54, 1.807) is 17.3 Å². The maximum atomic E-state index is 13.7. The normalized spacial score (nSPS) is 11.5. The predicted molar refractivity (Wildman–Crippen MR) is 149 cm³/mol. The highest BCUT2D eigenvalue weighted by Crippen LogP contribution is 2.32. The Morgan fingerprint density at radius 2 is 1.70 bits per heavy atom. The van der Waals surface area contributed by atoms with Crippen molar-refractivity contribution in [2.45, 2.75) is 25.3 Å². The Bertz CT molecular complexity index is 1500. The number of hydrogen-bond donors (Lipinski definition) is 0. The number of aromatic nitrogens is 2. The van der Waals surface area contributed by atoms with Crippen LogP contribution in [0.25, 0.3) is 10.2 Å². The minimum absolute atomic E-state index is 0.0949. The Morgan fingerprint density at radius 3 is 2.32 bits per heavy atom. The Kier molecular flexibility index (Phi) is 7.97. The molecule has 0 saturated carbocycles. The van der Waals surface area contributed by atoms with Crippen LogP contribution in [0.2, 0.25) is 0 Å². The van der Waals surface area contributed by atoms with Crippen molar-refractivity contribution in [3.05, 3.63) is 108 Å². The van der Waals surface area contributed by atoms with Gasteiger partial charge in [-0.1, -0.05) is 29.6 Å². The summed E-state index contributed by atoms with van der Waals surface area (Å²) in [5.74, 6) is -0.283. The third-order valence-electron chi connectivity index (χ3n) is 5.94. The number of carbonyl (C=O) groups excluding carboxylic acids is 1. The molecule has 0 spiro atoms. The van der Waals surface area contributed by atoms with Crippen molar-refractivity contribution in [2.75, 3.05) is 18.0 Å². The molecule has 37 heavy (non-hydrogen) atoms. The number of pyridine rings is 1. The van der Waals surface area contributed by atoms with E-state index in [0.717, 1.165) is 26.9 Å². The van der Waals surface area contributed by atoms with Gasteiger partial charge in [0, 0.05) is 31.0 Å². The van der Waals surface area contributed by atoms with Gasteiger partial charge in [-0.2, -0.15) is 4.31 Å². The van der Waals surface area contributed by atoms with Crippen molar-refractivity contribution in [1.29, 1.82) is 0 Å². The summed E-state index contributed by atoms with van der Waals surface area (Å²) in [6.07, 6.45) is 6.44. The second-order valence-electron chi connectivity index (χ2n) is 8.58. The van der Waals surface area contributed by atoms with Crippen LogP contribution >= 0.6 is 11.3 Å². The van der Waals surface area contributed by atoms with E-state index in [4.69, 9.17) is 4.98 Å². The number of nitrogens with zero attached hydrogens (tertiary/aromatic N) is 4. The lowest BCUT2D eigenvalue weighted by Gasteiger charge is -2.21. The Labute approximate surface area is 221 Å². The van der Waals surface area contributed by atoms with Gasteiger partial charge in [-0.15, -0.1) is 13.2 Å². The summed E-state index contributed by atoms with van der Waals surface area (Å²) < 4.78 is 28.4. The zero-order valence-corrected chi connectivity index (χ0v) is 22.4. The average Bonchev–Trinajstić information content (AvgIpc) is 3.30. The number of anilines is 1. The van der Waals surface area contributed by atoms with E-state index in [9.17, 15) is 13.2 Å². The van der Waals surface area contributed by atoms with Crippen molar-refractivity contribution in [2.24, 2.45) is 0 Å². The summed E-state index contributed by atoms with van der Waals surface area (Å²) in [5.41, 5.74) is 4.33. The summed E-state index contributed by atoms with van der Waals surface area (Å²) in [4.78, 5) is 24.4. The number of amides is 1. The number of hydrogen-bond acceptors (Lipinski definition) is 6. The lowest BCUT2D eigenvalue weighted by atomic mass is 10.1. The van der Waals surface area contributed by atoms with Crippen molar-refractivity contribution in [3.63, 3.8) is 0 Å². The lowest BCUT2D eigenvalue weighted by molar-refractivity contribution is 0.0985. The number of rotatable bonds is 10. The second-order valence-corrected chi connectivity index (χ2v) is 11.5. The quantitative estimate of drug-likeness (QED) is 0.251. The molecule has 9 heteroatoms. The molecule has 0 fully saturated rings. The maximum Gasteiger partial charge on any atom is 0.260 e. The molecule has 0 aliphatic carbocycles. The molecule has 0 unspecified atom stereocenters. The highest BCUT2D eigenvalue weighted by molar-refractivity contribution is 7.89. The third kappa shape index (κ3) is 5.69. The minimum Gasteiger partial charge on any atom is -0.279 e. The molecule has 0 bridgehead atoms. The monoisotopic (exact) mass is 532 g/mol. The average molecular weight is 533 g/mol. The van der Waals surface area contributed by atoms with Crippen molar-refractivity contribution >= 4 is 42.6 Å². The minimum atomic E-state index is -3.77. The number of thiazole rings is 1. The summed E-state index contributed by atoms with van der Waals surface area (Å²) in [6, 6.07) is 13.8. The molecule has 0 saturated heterocycles. The molecule has 0 atom stereocenters. The molecule has 1 amide bonds. The summed E-state index contributed by atoms with van der Waals surface area (Å²) in [5, 5.41) is 0.564.